The number of nitrogens with one attached hydrogen (secondary N) is 1. The summed E-state index contributed by atoms with van der Waals surface area (Å²) in [6.45, 7) is 3.69. The molecule has 0 fully saturated rings. The van der Waals surface area contributed by atoms with Crippen LogP contribution in [0.4, 0.5) is 5.82 Å². The van der Waals surface area contributed by atoms with Crippen molar-refractivity contribution in [2.45, 2.75) is 13.8 Å². The van der Waals surface area contributed by atoms with Gasteiger partial charge in [-0.1, -0.05) is 0 Å². The Morgan fingerprint density at radius 2 is 2.11 bits per heavy atom. The predicted molar refractivity (Wildman–Crippen MR) is 73.6 cm³/mol. The van der Waals surface area contributed by atoms with Crippen LogP contribution in [-0.4, -0.2) is 15.9 Å². The van der Waals surface area contributed by atoms with Gasteiger partial charge in [-0.2, -0.15) is 0 Å². The molecule has 2 heterocycles. The smallest absolute Gasteiger partial charge is 0.258 e. The van der Waals surface area contributed by atoms with E-state index in [0.717, 1.165) is 10.0 Å². The number of aromatic nitrogens is 2. The molecule has 0 saturated heterocycles. The molecule has 0 unspecified atom stereocenters. The summed E-state index contributed by atoms with van der Waals surface area (Å²) < 4.78 is 0.885. The van der Waals surface area contributed by atoms with Gasteiger partial charge in [0.15, 0.2) is 0 Å². The molecular weight excluding hydrogens is 294 g/mol. The van der Waals surface area contributed by atoms with Crippen molar-refractivity contribution in [2.24, 2.45) is 0 Å². The lowest BCUT2D eigenvalue weighted by Crippen LogP contribution is -2.15. The third-order valence-corrected chi connectivity index (χ3v) is 2.96. The summed E-state index contributed by atoms with van der Waals surface area (Å²) in [4.78, 5) is 20.3. The van der Waals surface area contributed by atoms with Gasteiger partial charge in [0.25, 0.3) is 5.91 Å². The van der Waals surface area contributed by atoms with Crippen LogP contribution in [0, 0.1) is 13.8 Å². The van der Waals surface area contributed by atoms with Crippen molar-refractivity contribution >= 4 is 27.7 Å². The first-order valence-corrected chi connectivity index (χ1v) is 6.22. The third-order valence-electron chi connectivity index (χ3n) is 2.53. The van der Waals surface area contributed by atoms with E-state index < -0.39 is 0 Å². The fourth-order valence-electron chi connectivity index (χ4n) is 1.57. The fraction of sp³-hybridized carbons (Fsp3) is 0.154. The van der Waals surface area contributed by atoms with E-state index in [1.807, 2.05) is 13.0 Å². The topological polar surface area (TPSA) is 54.9 Å². The number of hydrogen-bond donors (Lipinski definition) is 1. The first-order valence-electron chi connectivity index (χ1n) is 5.43. The molecule has 18 heavy (non-hydrogen) atoms. The van der Waals surface area contributed by atoms with Crippen molar-refractivity contribution < 1.29 is 4.79 Å². The molecule has 0 spiro atoms. The molecule has 0 aromatic carbocycles. The number of anilines is 1. The van der Waals surface area contributed by atoms with Gasteiger partial charge in [-0.05, 0) is 53.5 Å². The largest absolute Gasteiger partial charge is 0.306 e. The molecule has 2 aromatic rings. The second kappa shape index (κ2) is 5.27. The van der Waals surface area contributed by atoms with Gasteiger partial charge < -0.3 is 5.32 Å². The van der Waals surface area contributed by atoms with Gasteiger partial charge in [0.05, 0.1) is 5.56 Å². The number of rotatable bonds is 2. The van der Waals surface area contributed by atoms with Crippen molar-refractivity contribution in [1.82, 2.24) is 9.97 Å². The average Bonchev–Trinajstić information content (AvgIpc) is 2.33. The number of carbonyl (C=O) groups is 1. The van der Waals surface area contributed by atoms with Gasteiger partial charge in [0.1, 0.15) is 5.82 Å². The Morgan fingerprint density at radius 3 is 2.78 bits per heavy atom. The molecule has 0 radical (unpaired) electrons. The second-order valence-electron chi connectivity index (χ2n) is 3.91. The molecule has 0 aliphatic heterocycles. The average molecular weight is 306 g/mol. The lowest BCUT2D eigenvalue weighted by molar-refractivity contribution is 0.102. The minimum absolute atomic E-state index is 0.196. The van der Waals surface area contributed by atoms with Crippen LogP contribution < -0.4 is 5.32 Å². The van der Waals surface area contributed by atoms with Crippen molar-refractivity contribution in [2.75, 3.05) is 5.32 Å². The Labute approximate surface area is 114 Å². The van der Waals surface area contributed by atoms with E-state index in [9.17, 15) is 4.79 Å². The monoisotopic (exact) mass is 305 g/mol. The Morgan fingerprint density at radius 1 is 1.33 bits per heavy atom. The second-order valence-corrected chi connectivity index (χ2v) is 4.83. The zero-order chi connectivity index (χ0) is 13.1. The van der Waals surface area contributed by atoms with E-state index in [1.54, 1.807) is 31.5 Å². The summed E-state index contributed by atoms with van der Waals surface area (Å²) in [5.41, 5.74) is 2.16. The molecule has 2 aromatic heterocycles. The number of nitrogens with zero attached hydrogens (tertiary/aromatic N) is 2. The van der Waals surface area contributed by atoms with E-state index in [1.165, 1.54) is 0 Å². The highest BCUT2D eigenvalue weighted by atomic mass is 79.9. The van der Waals surface area contributed by atoms with E-state index in [2.05, 4.69) is 31.2 Å². The molecule has 0 atom stereocenters. The van der Waals surface area contributed by atoms with Gasteiger partial charge in [0, 0.05) is 22.6 Å². The summed E-state index contributed by atoms with van der Waals surface area (Å²) in [6.07, 6.45) is 3.31. The third kappa shape index (κ3) is 2.73. The van der Waals surface area contributed by atoms with Crippen LogP contribution in [0.2, 0.25) is 0 Å². The van der Waals surface area contributed by atoms with Gasteiger partial charge >= 0.3 is 0 Å². The number of amides is 1. The van der Waals surface area contributed by atoms with Crippen LogP contribution >= 0.6 is 15.9 Å². The fourth-order valence-corrected chi connectivity index (χ4v) is 2.02. The molecule has 92 valence electrons. The number of hydrogen-bond acceptors (Lipinski definition) is 3. The maximum atomic E-state index is 12.1. The van der Waals surface area contributed by atoms with Gasteiger partial charge in [0.2, 0.25) is 0 Å². The lowest BCUT2D eigenvalue weighted by atomic mass is 10.2. The zero-order valence-corrected chi connectivity index (χ0v) is 11.7. The predicted octanol–water partition coefficient (Wildman–Crippen LogP) is 3.11. The molecule has 5 heteroatoms. The number of aryl methyl sites for hydroxylation is 2. The first-order chi connectivity index (χ1) is 8.58. The normalized spacial score (nSPS) is 10.2. The van der Waals surface area contributed by atoms with Crippen LogP contribution in [0.15, 0.2) is 35.1 Å². The lowest BCUT2D eigenvalue weighted by Gasteiger charge is -2.08. The molecular formula is C13H12BrN3O. The minimum atomic E-state index is -0.196. The van der Waals surface area contributed by atoms with Gasteiger partial charge in [-0.25, -0.2) is 4.98 Å². The van der Waals surface area contributed by atoms with Gasteiger partial charge in [-0.3, -0.25) is 9.78 Å². The van der Waals surface area contributed by atoms with Crippen LogP contribution in [-0.2, 0) is 0 Å². The maximum absolute atomic E-state index is 12.1. The molecule has 1 N–H and O–H groups in total. The van der Waals surface area contributed by atoms with Crippen molar-refractivity contribution in [3.05, 3.63) is 51.9 Å². The molecule has 2 rings (SSSR count). The Hall–Kier alpha value is -1.75. The summed E-state index contributed by atoms with van der Waals surface area (Å²) in [5.74, 6) is 0.366. The van der Waals surface area contributed by atoms with Crippen molar-refractivity contribution in [3.63, 3.8) is 0 Å². The van der Waals surface area contributed by atoms with Crippen LogP contribution in [0.25, 0.3) is 0 Å². The highest BCUT2D eigenvalue weighted by Crippen LogP contribution is 2.17. The summed E-state index contributed by atoms with van der Waals surface area (Å²) in [6, 6.07) is 5.38. The standard InChI is InChI=1S/C13H12BrN3O/c1-8-6-10(14)7-16-12(8)17-13(18)11-4-3-5-15-9(11)2/h3-7H,1-2H3,(H,16,17,18). The highest BCUT2D eigenvalue weighted by molar-refractivity contribution is 9.10. The molecule has 0 aliphatic carbocycles. The molecule has 1 amide bonds. The number of halogens is 1. The van der Waals surface area contributed by atoms with E-state index >= 15 is 0 Å². The highest BCUT2D eigenvalue weighted by Gasteiger charge is 2.11. The summed E-state index contributed by atoms with van der Waals surface area (Å²) in [7, 11) is 0. The zero-order valence-electron chi connectivity index (χ0n) is 10.1. The maximum Gasteiger partial charge on any atom is 0.258 e. The first kappa shape index (κ1) is 12.7. The summed E-state index contributed by atoms with van der Waals surface area (Å²) in [5, 5.41) is 2.78. The Bertz CT molecular complexity index is 599. The molecule has 4 nitrogen and oxygen atoms in total. The van der Waals surface area contributed by atoms with Crippen LogP contribution in [0.5, 0.6) is 0 Å². The Kier molecular flexibility index (Phi) is 3.72. The molecule has 0 aliphatic rings. The van der Waals surface area contributed by atoms with Crippen LogP contribution in [0.3, 0.4) is 0 Å². The number of pyridine rings is 2. The van der Waals surface area contributed by atoms with Crippen molar-refractivity contribution in [1.29, 1.82) is 0 Å². The van der Waals surface area contributed by atoms with E-state index in [0.29, 0.717) is 17.1 Å². The van der Waals surface area contributed by atoms with Crippen molar-refractivity contribution in [3.8, 4) is 0 Å². The van der Waals surface area contributed by atoms with E-state index in [-0.39, 0.29) is 5.91 Å². The molecule has 0 saturated carbocycles. The van der Waals surface area contributed by atoms with E-state index in [4.69, 9.17) is 0 Å². The Balaban J connectivity index is 2.24. The minimum Gasteiger partial charge on any atom is -0.306 e. The van der Waals surface area contributed by atoms with Crippen LogP contribution in [0.1, 0.15) is 21.6 Å². The molecule has 0 bridgehead atoms. The SMILES string of the molecule is Cc1cc(Br)cnc1NC(=O)c1cccnc1C. The summed E-state index contributed by atoms with van der Waals surface area (Å²) >= 11 is 3.33. The quantitative estimate of drug-likeness (QED) is 0.927. The van der Waals surface area contributed by atoms with Gasteiger partial charge in [-0.15, -0.1) is 0 Å². The number of carbonyl (C=O) groups excluding carboxylic acids is 1.